The molecular weight excluding hydrogens is 240 g/mol. The van der Waals surface area contributed by atoms with Crippen LogP contribution in [0.15, 0.2) is 12.2 Å². The summed E-state index contributed by atoms with van der Waals surface area (Å²) in [6.07, 6.45) is 3.04. The van der Waals surface area contributed by atoms with Gasteiger partial charge in [-0.05, 0) is 6.92 Å². The van der Waals surface area contributed by atoms with Gasteiger partial charge in [0.1, 0.15) is 5.60 Å². The summed E-state index contributed by atoms with van der Waals surface area (Å²) in [7, 11) is 1.20. The summed E-state index contributed by atoms with van der Waals surface area (Å²) >= 11 is 0. The average molecular weight is 256 g/mol. The van der Waals surface area contributed by atoms with Gasteiger partial charge in [-0.2, -0.15) is 0 Å². The molecule has 1 saturated heterocycles. The van der Waals surface area contributed by atoms with Gasteiger partial charge in [0.25, 0.3) is 0 Å². The van der Waals surface area contributed by atoms with E-state index in [0.29, 0.717) is 0 Å². The van der Waals surface area contributed by atoms with Crippen molar-refractivity contribution in [3.05, 3.63) is 12.2 Å². The van der Waals surface area contributed by atoms with Crippen LogP contribution >= 0.6 is 0 Å². The maximum absolute atomic E-state index is 12.2. The van der Waals surface area contributed by atoms with E-state index in [9.17, 15) is 14.7 Å². The molecule has 2 rings (SSSR count). The van der Waals surface area contributed by atoms with E-state index in [1.807, 2.05) is 0 Å². The van der Waals surface area contributed by atoms with Gasteiger partial charge in [0, 0.05) is 6.42 Å². The van der Waals surface area contributed by atoms with Crippen molar-refractivity contribution < 1.29 is 28.9 Å². The predicted octanol–water partition coefficient (Wildman–Crippen LogP) is -0.201. The molecule has 0 saturated carbocycles. The van der Waals surface area contributed by atoms with Gasteiger partial charge >= 0.3 is 11.9 Å². The van der Waals surface area contributed by atoms with Crippen molar-refractivity contribution in [1.82, 2.24) is 0 Å². The third kappa shape index (κ3) is 1.42. The molecular formula is C12H16O6. The molecule has 2 aliphatic rings. The number of aliphatic hydroxyl groups is 1. The van der Waals surface area contributed by atoms with E-state index in [4.69, 9.17) is 14.2 Å². The van der Waals surface area contributed by atoms with Gasteiger partial charge in [-0.3, -0.25) is 9.59 Å². The minimum absolute atomic E-state index is 0.134. The Morgan fingerprint density at radius 3 is 2.72 bits per heavy atom. The number of methoxy groups -OCH3 is 1. The first-order valence-corrected chi connectivity index (χ1v) is 5.80. The highest BCUT2D eigenvalue weighted by Gasteiger charge is 2.71. The summed E-state index contributed by atoms with van der Waals surface area (Å²) in [4.78, 5) is 24.2. The Balaban J connectivity index is 2.47. The summed E-state index contributed by atoms with van der Waals surface area (Å²) in [5, 5.41) is 9.55. The fourth-order valence-electron chi connectivity index (χ4n) is 2.69. The van der Waals surface area contributed by atoms with E-state index in [1.165, 1.54) is 7.11 Å². The Hall–Kier alpha value is -1.40. The van der Waals surface area contributed by atoms with Gasteiger partial charge in [-0.1, -0.05) is 12.2 Å². The number of fused-ring (bicyclic) bond motifs is 2. The molecule has 0 amide bonds. The van der Waals surface area contributed by atoms with Crippen molar-refractivity contribution >= 4 is 11.9 Å². The first kappa shape index (κ1) is 13.0. The molecule has 18 heavy (non-hydrogen) atoms. The monoisotopic (exact) mass is 256 g/mol. The zero-order valence-electron chi connectivity index (χ0n) is 10.3. The Labute approximate surface area is 105 Å². The number of rotatable bonds is 4. The summed E-state index contributed by atoms with van der Waals surface area (Å²) in [6.45, 7) is 1.32. The zero-order chi connectivity index (χ0) is 13.4. The maximum atomic E-state index is 12.2. The number of hydrogen-bond donors (Lipinski definition) is 1. The molecule has 3 atom stereocenters. The number of aliphatic hydroxyl groups excluding tert-OH is 1. The van der Waals surface area contributed by atoms with Gasteiger partial charge in [-0.15, -0.1) is 0 Å². The lowest BCUT2D eigenvalue weighted by molar-refractivity contribution is -0.182. The molecule has 6 nitrogen and oxygen atoms in total. The summed E-state index contributed by atoms with van der Waals surface area (Å²) in [6, 6.07) is 0. The van der Waals surface area contributed by atoms with E-state index in [2.05, 4.69) is 0 Å². The molecule has 100 valence electrons. The molecule has 1 N–H and O–H groups in total. The molecule has 0 aromatic rings. The molecule has 3 unspecified atom stereocenters. The van der Waals surface area contributed by atoms with Crippen molar-refractivity contribution in [2.45, 2.75) is 25.0 Å². The van der Waals surface area contributed by atoms with Crippen molar-refractivity contribution in [2.24, 2.45) is 5.41 Å². The molecule has 0 aromatic carbocycles. The minimum Gasteiger partial charge on any atom is -0.468 e. The standard InChI is InChI=1S/C12H16O6/c1-3-17-10(15)12(9(14)16-2)6-8-4-5-11(12,7-13)18-8/h4-5,8,13H,3,6-7H2,1-2H3. The fraction of sp³-hybridized carbons (Fsp3) is 0.667. The van der Waals surface area contributed by atoms with Gasteiger partial charge in [0.2, 0.25) is 5.41 Å². The largest absolute Gasteiger partial charge is 0.468 e. The highest BCUT2D eigenvalue weighted by molar-refractivity contribution is 6.03. The van der Waals surface area contributed by atoms with Crippen LogP contribution in [0.25, 0.3) is 0 Å². The Kier molecular flexibility index (Phi) is 3.16. The summed E-state index contributed by atoms with van der Waals surface area (Å²) < 4.78 is 15.2. The van der Waals surface area contributed by atoms with Gasteiger partial charge < -0.3 is 19.3 Å². The summed E-state index contributed by atoms with van der Waals surface area (Å²) in [5.41, 5.74) is -2.97. The average Bonchev–Trinajstić information content (AvgIpc) is 2.94. The molecule has 6 heteroatoms. The molecule has 0 aromatic heterocycles. The normalized spacial score (nSPS) is 36.7. The SMILES string of the molecule is CCOC(=O)C1(C(=O)OC)CC2C=CC1(CO)O2. The van der Waals surface area contributed by atoms with Crippen molar-refractivity contribution in [1.29, 1.82) is 0 Å². The lowest BCUT2D eigenvalue weighted by atomic mass is 9.68. The second-order valence-electron chi connectivity index (χ2n) is 4.38. The lowest BCUT2D eigenvalue weighted by Crippen LogP contribution is -2.57. The van der Waals surface area contributed by atoms with Crippen LogP contribution in [0.5, 0.6) is 0 Å². The molecule has 2 bridgehead atoms. The second kappa shape index (κ2) is 4.37. The minimum atomic E-state index is -1.61. The molecule has 0 radical (unpaired) electrons. The van der Waals surface area contributed by atoms with E-state index in [-0.39, 0.29) is 19.1 Å². The molecule has 0 aliphatic carbocycles. The van der Waals surface area contributed by atoms with Crippen LogP contribution in [0.3, 0.4) is 0 Å². The number of hydrogen-bond acceptors (Lipinski definition) is 6. The first-order chi connectivity index (χ1) is 8.56. The Morgan fingerprint density at radius 2 is 2.22 bits per heavy atom. The van der Waals surface area contributed by atoms with E-state index in [0.717, 1.165) is 0 Å². The highest BCUT2D eigenvalue weighted by atomic mass is 16.6. The smallest absolute Gasteiger partial charge is 0.327 e. The number of ether oxygens (including phenoxy) is 3. The van der Waals surface area contributed by atoms with E-state index < -0.39 is 29.6 Å². The van der Waals surface area contributed by atoms with Gasteiger partial charge in [0.05, 0.1) is 26.4 Å². The summed E-state index contributed by atoms with van der Waals surface area (Å²) in [5.74, 6) is -1.44. The van der Waals surface area contributed by atoms with Crippen LogP contribution in [0.4, 0.5) is 0 Å². The third-order valence-corrected chi connectivity index (χ3v) is 3.56. The van der Waals surface area contributed by atoms with Crippen LogP contribution in [0.1, 0.15) is 13.3 Å². The molecule has 2 aliphatic heterocycles. The second-order valence-corrected chi connectivity index (χ2v) is 4.38. The van der Waals surface area contributed by atoms with Gasteiger partial charge in [-0.25, -0.2) is 0 Å². The van der Waals surface area contributed by atoms with Crippen LogP contribution in [0.2, 0.25) is 0 Å². The van der Waals surface area contributed by atoms with Crippen molar-refractivity contribution in [3.63, 3.8) is 0 Å². The highest BCUT2D eigenvalue weighted by Crippen LogP contribution is 2.53. The number of esters is 2. The lowest BCUT2D eigenvalue weighted by Gasteiger charge is -2.36. The number of carbonyl (C=O) groups is 2. The van der Waals surface area contributed by atoms with Crippen LogP contribution in [0, 0.1) is 5.41 Å². The molecule has 1 fully saturated rings. The number of carbonyl (C=O) groups excluding carboxylic acids is 2. The van der Waals surface area contributed by atoms with Crippen molar-refractivity contribution in [3.8, 4) is 0 Å². The van der Waals surface area contributed by atoms with E-state index >= 15 is 0 Å². The molecule has 2 heterocycles. The maximum Gasteiger partial charge on any atom is 0.327 e. The molecule has 0 spiro atoms. The Bertz CT molecular complexity index is 403. The topological polar surface area (TPSA) is 82.1 Å². The van der Waals surface area contributed by atoms with Crippen LogP contribution in [-0.4, -0.2) is 49.1 Å². The third-order valence-electron chi connectivity index (χ3n) is 3.56. The Morgan fingerprint density at radius 1 is 1.50 bits per heavy atom. The van der Waals surface area contributed by atoms with Gasteiger partial charge in [0.15, 0.2) is 0 Å². The van der Waals surface area contributed by atoms with Crippen LogP contribution in [-0.2, 0) is 23.8 Å². The quantitative estimate of drug-likeness (QED) is 0.426. The predicted molar refractivity (Wildman–Crippen MR) is 59.5 cm³/mol. The van der Waals surface area contributed by atoms with Crippen LogP contribution < -0.4 is 0 Å². The van der Waals surface area contributed by atoms with E-state index in [1.54, 1.807) is 19.1 Å². The zero-order valence-corrected chi connectivity index (χ0v) is 10.3. The fourth-order valence-corrected chi connectivity index (χ4v) is 2.69. The van der Waals surface area contributed by atoms with Crippen molar-refractivity contribution in [2.75, 3.05) is 20.3 Å². The first-order valence-electron chi connectivity index (χ1n) is 5.80.